The van der Waals surface area contributed by atoms with E-state index >= 15 is 0 Å². The van der Waals surface area contributed by atoms with Crippen molar-refractivity contribution in [2.75, 3.05) is 26.3 Å². The molecule has 0 radical (unpaired) electrons. The van der Waals surface area contributed by atoms with Gasteiger partial charge < -0.3 is 25.0 Å². The fourth-order valence-corrected chi connectivity index (χ4v) is 5.99. The number of nitrogens with zero attached hydrogens (tertiary/aromatic N) is 1. The first-order valence-corrected chi connectivity index (χ1v) is 14.2. The molecule has 0 saturated carbocycles. The van der Waals surface area contributed by atoms with Crippen molar-refractivity contribution >= 4 is 34.8 Å². The van der Waals surface area contributed by atoms with Crippen molar-refractivity contribution in [3.63, 3.8) is 0 Å². The highest BCUT2D eigenvalue weighted by atomic mass is 32.1. The second-order valence-electron chi connectivity index (χ2n) is 10.2. The quantitative estimate of drug-likeness (QED) is 0.196. The minimum absolute atomic E-state index is 0.00879. The normalized spacial score (nSPS) is 18.2. The van der Waals surface area contributed by atoms with E-state index in [-0.39, 0.29) is 54.3 Å². The number of carbonyl (C=O) groups is 2. The summed E-state index contributed by atoms with van der Waals surface area (Å²) in [4.78, 5) is 28.7. The molecule has 2 atom stereocenters. The van der Waals surface area contributed by atoms with E-state index in [2.05, 4.69) is 10.6 Å². The molecule has 3 aromatic rings. The number of amides is 2. The molecule has 2 fully saturated rings. The van der Waals surface area contributed by atoms with Crippen LogP contribution in [0.3, 0.4) is 0 Å². The smallest absolute Gasteiger partial charge is 0.271 e. The Bertz CT molecular complexity index is 1520. The Balaban J connectivity index is 1.23. The van der Waals surface area contributed by atoms with E-state index in [9.17, 15) is 18.4 Å². The zero-order valence-electron chi connectivity index (χ0n) is 22.8. The monoisotopic (exact) mass is 597 g/mol. The number of halogens is 2. The van der Waals surface area contributed by atoms with E-state index < -0.39 is 29.4 Å². The largest absolute Gasteiger partial charge is 0.347 e. The van der Waals surface area contributed by atoms with E-state index in [0.29, 0.717) is 24.3 Å². The first-order chi connectivity index (χ1) is 20.0. The molecule has 0 bridgehead atoms. The van der Waals surface area contributed by atoms with Crippen LogP contribution in [0.2, 0.25) is 0 Å². The minimum atomic E-state index is -1.01. The lowest BCUT2D eigenvalue weighted by Gasteiger charge is -2.27. The highest BCUT2D eigenvalue weighted by Crippen LogP contribution is 2.35. The average Bonchev–Trinajstić information content (AvgIpc) is 3.74. The third-order valence-corrected chi connectivity index (χ3v) is 8.41. The maximum Gasteiger partial charge on any atom is 0.271 e. The first-order valence-electron chi connectivity index (χ1n) is 13.3. The van der Waals surface area contributed by atoms with Crippen LogP contribution in [0.1, 0.15) is 40.2 Å². The van der Waals surface area contributed by atoms with E-state index in [4.69, 9.17) is 26.0 Å². The van der Waals surface area contributed by atoms with E-state index in [1.165, 1.54) is 35.6 Å². The topological polar surface area (TPSA) is 155 Å². The van der Waals surface area contributed by atoms with Crippen LogP contribution in [0.5, 0.6) is 0 Å². The third kappa shape index (κ3) is 6.17. The number of benzene rings is 2. The molecule has 0 unspecified atom stereocenters. The summed E-state index contributed by atoms with van der Waals surface area (Å²) in [5.41, 5.74) is 7.15. The van der Waals surface area contributed by atoms with Crippen LogP contribution >= 0.6 is 11.3 Å². The second kappa shape index (κ2) is 12.0. The predicted octanol–water partition coefficient (Wildman–Crippen LogP) is 1.56. The molecule has 0 aliphatic carbocycles. The molecule has 2 saturated heterocycles. The molecular weight excluding hydrogens is 566 g/mol. The fourth-order valence-electron chi connectivity index (χ4n) is 5.06. The van der Waals surface area contributed by atoms with E-state index in [0.717, 1.165) is 23.1 Å². The Morgan fingerprint density at radius 2 is 1.88 bits per heavy atom. The SMILES string of the molecule is C[C@@H](NC(=O)[C@@H]1CC2(CN1C(=N)CNC(=O)c1ccc(-c3cc(F)ccc3F)cc1)OCCO2)c1cc(C(N)=[NH2+])cs1. The minimum Gasteiger partial charge on any atom is -0.347 e. The average molecular weight is 598 g/mol. The Labute approximate surface area is 244 Å². The van der Waals surface area contributed by atoms with Gasteiger partial charge in [0.1, 0.15) is 23.5 Å². The van der Waals surface area contributed by atoms with Gasteiger partial charge in [-0.15, -0.1) is 11.3 Å². The van der Waals surface area contributed by atoms with Gasteiger partial charge in [0.15, 0.2) is 5.79 Å². The molecule has 3 heterocycles. The van der Waals surface area contributed by atoms with Gasteiger partial charge in [-0.1, -0.05) is 12.1 Å². The molecule has 10 nitrogen and oxygen atoms in total. The summed E-state index contributed by atoms with van der Waals surface area (Å²) in [5.74, 6) is -2.73. The van der Waals surface area contributed by atoms with Gasteiger partial charge >= 0.3 is 0 Å². The number of amidine groups is 2. The van der Waals surface area contributed by atoms with Crippen molar-refractivity contribution in [2.45, 2.75) is 31.2 Å². The summed E-state index contributed by atoms with van der Waals surface area (Å²) in [6.45, 7) is 2.61. The molecule has 1 aromatic heterocycles. The first kappa shape index (κ1) is 29.3. The number of nitrogens with one attached hydrogen (secondary N) is 3. The second-order valence-corrected chi connectivity index (χ2v) is 11.2. The number of hydrogen-bond acceptors (Lipinski definition) is 6. The van der Waals surface area contributed by atoms with Crippen molar-refractivity contribution in [3.8, 4) is 11.1 Å². The van der Waals surface area contributed by atoms with Crippen LogP contribution in [0, 0.1) is 17.0 Å². The number of hydrogen-bond donors (Lipinski definition) is 5. The van der Waals surface area contributed by atoms with Gasteiger partial charge in [0, 0.05) is 27.8 Å². The maximum atomic E-state index is 14.1. The molecular formula is C29H31F2N6O4S+. The van der Waals surface area contributed by atoms with Gasteiger partial charge in [0.05, 0.1) is 37.9 Å². The molecule has 7 N–H and O–H groups in total. The number of ether oxygens (including phenoxy) is 2. The molecule has 2 aliphatic rings. The van der Waals surface area contributed by atoms with Crippen LogP contribution < -0.4 is 21.8 Å². The van der Waals surface area contributed by atoms with Gasteiger partial charge in [0.25, 0.3) is 11.7 Å². The zero-order chi connectivity index (χ0) is 30.0. The summed E-state index contributed by atoms with van der Waals surface area (Å²) in [6, 6.07) is 9.93. The van der Waals surface area contributed by atoms with Crippen molar-refractivity contribution in [3.05, 3.63) is 81.5 Å². The molecule has 2 aromatic carbocycles. The molecule has 5 rings (SSSR count). The van der Waals surface area contributed by atoms with Crippen molar-refractivity contribution < 1.29 is 33.3 Å². The lowest BCUT2D eigenvalue weighted by Crippen LogP contribution is -2.49. The third-order valence-electron chi connectivity index (χ3n) is 7.30. The standard InChI is InChI=1S/C29H30F2N6O4S/c1-16(24-10-19(14-42-24)26(33)34)36-28(39)23-12-29(40-8-9-41-29)15-37(23)25(32)13-35-27(38)18-4-2-17(3-5-18)21-11-20(30)6-7-22(21)31/h2-7,10-11,14,16,23,32H,8-9,12-13,15H2,1H3,(H3,33,34)(H,35,38)(H,36,39)/p+1/t16-,23+/m1/s1. The van der Waals surface area contributed by atoms with Gasteiger partial charge in [-0.3, -0.25) is 26.1 Å². The van der Waals surface area contributed by atoms with Crippen LogP contribution in [-0.4, -0.2) is 66.5 Å². The lowest BCUT2D eigenvalue weighted by molar-refractivity contribution is -0.145. The molecule has 2 amide bonds. The van der Waals surface area contributed by atoms with Crippen molar-refractivity contribution in [2.24, 2.45) is 5.73 Å². The van der Waals surface area contributed by atoms with Crippen molar-refractivity contribution in [1.29, 1.82) is 5.41 Å². The fraction of sp³-hybridized carbons (Fsp3) is 0.310. The molecule has 2 aliphatic heterocycles. The number of thiophene rings is 1. The van der Waals surface area contributed by atoms with Gasteiger partial charge in [-0.05, 0) is 48.9 Å². The van der Waals surface area contributed by atoms with E-state index in [1.54, 1.807) is 4.90 Å². The van der Waals surface area contributed by atoms with Gasteiger partial charge in [0.2, 0.25) is 5.91 Å². The highest BCUT2D eigenvalue weighted by molar-refractivity contribution is 7.10. The number of nitrogens with two attached hydrogens (primary N) is 2. The van der Waals surface area contributed by atoms with Crippen LogP contribution in [0.25, 0.3) is 11.1 Å². The molecule has 42 heavy (non-hydrogen) atoms. The molecule has 13 heteroatoms. The maximum absolute atomic E-state index is 14.1. The van der Waals surface area contributed by atoms with Gasteiger partial charge in [-0.2, -0.15) is 0 Å². The molecule has 220 valence electrons. The van der Waals surface area contributed by atoms with Crippen molar-refractivity contribution in [1.82, 2.24) is 15.5 Å². The summed E-state index contributed by atoms with van der Waals surface area (Å²) in [6.07, 6.45) is 0.221. The Hall–Kier alpha value is -4.20. The summed E-state index contributed by atoms with van der Waals surface area (Å²) < 4.78 is 39.4. The highest BCUT2D eigenvalue weighted by Gasteiger charge is 2.51. The summed E-state index contributed by atoms with van der Waals surface area (Å²) >= 11 is 1.42. The molecule has 1 spiro atoms. The Morgan fingerprint density at radius 1 is 1.17 bits per heavy atom. The van der Waals surface area contributed by atoms with Crippen LogP contribution in [-0.2, 0) is 14.3 Å². The Morgan fingerprint density at radius 3 is 2.55 bits per heavy atom. The van der Waals surface area contributed by atoms with Crippen LogP contribution in [0.15, 0.2) is 53.9 Å². The number of rotatable bonds is 8. The van der Waals surface area contributed by atoms with Gasteiger partial charge in [-0.25, -0.2) is 8.78 Å². The van der Waals surface area contributed by atoms with E-state index in [1.807, 2.05) is 18.4 Å². The lowest BCUT2D eigenvalue weighted by atomic mass is 10.0. The summed E-state index contributed by atoms with van der Waals surface area (Å²) in [5, 5.41) is 21.9. The van der Waals surface area contributed by atoms with Crippen LogP contribution in [0.4, 0.5) is 8.78 Å². The summed E-state index contributed by atoms with van der Waals surface area (Å²) in [7, 11) is 0. The number of likely N-dealkylation sites (tertiary alicyclic amines) is 1. The predicted molar refractivity (Wildman–Crippen MR) is 153 cm³/mol. The zero-order valence-corrected chi connectivity index (χ0v) is 23.6. The number of carbonyl (C=O) groups excluding carboxylic acids is 2. The Kier molecular flexibility index (Phi) is 8.34.